The molecule has 0 aromatic heterocycles. The fraction of sp³-hybridized carbons (Fsp3) is 0.500. The molecule has 0 saturated carbocycles. The van der Waals surface area contributed by atoms with Crippen molar-refractivity contribution in [3.63, 3.8) is 0 Å². The van der Waals surface area contributed by atoms with E-state index in [9.17, 15) is 13.2 Å². The quantitative estimate of drug-likeness (QED) is 0.704. The van der Waals surface area contributed by atoms with Gasteiger partial charge in [-0.1, -0.05) is 19.8 Å². The van der Waals surface area contributed by atoms with E-state index in [-0.39, 0.29) is 17.2 Å². The Bertz CT molecular complexity index is 585. The van der Waals surface area contributed by atoms with Crippen molar-refractivity contribution in [2.75, 3.05) is 13.7 Å². The van der Waals surface area contributed by atoms with Gasteiger partial charge in [-0.15, -0.1) is 0 Å². The highest BCUT2D eigenvalue weighted by molar-refractivity contribution is 7.89. The molecule has 0 radical (unpaired) electrons. The molecule has 0 aliphatic heterocycles. The lowest BCUT2D eigenvalue weighted by Gasteiger charge is -2.10. The number of ether oxygens (including phenoxy) is 1. The van der Waals surface area contributed by atoms with E-state index in [0.717, 1.165) is 19.3 Å². The number of rotatable bonds is 8. The standard InChI is InChI=1S/C14H22N2O4S/c1-3-4-5-8-16-14(17)10-11-9-12(21(15,18)19)6-7-13(11)20-2/h6-7,9H,3-5,8,10H2,1-2H3,(H,16,17)(H2,15,18,19). The Morgan fingerprint density at radius 2 is 2.05 bits per heavy atom. The second kappa shape index (κ2) is 7.99. The highest BCUT2D eigenvalue weighted by atomic mass is 32.2. The minimum atomic E-state index is -3.80. The molecule has 21 heavy (non-hydrogen) atoms. The van der Waals surface area contributed by atoms with Crippen molar-refractivity contribution in [2.45, 2.75) is 37.5 Å². The van der Waals surface area contributed by atoms with Crippen LogP contribution in [0.15, 0.2) is 23.1 Å². The SMILES string of the molecule is CCCCCNC(=O)Cc1cc(S(N)(=O)=O)ccc1OC. The van der Waals surface area contributed by atoms with Crippen LogP contribution in [0, 0.1) is 0 Å². The summed E-state index contributed by atoms with van der Waals surface area (Å²) in [5, 5.41) is 7.89. The Kier molecular flexibility index (Phi) is 6.64. The molecular weight excluding hydrogens is 292 g/mol. The number of carbonyl (C=O) groups excluding carboxylic acids is 1. The van der Waals surface area contributed by atoms with Gasteiger partial charge in [0.1, 0.15) is 5.75 Å². The summed E-state index contributed by atoms with van der Waals surface area (Å²) in [6.07, 6.45) is 3.12. The van der Waals surface area contributed by atoms with Gasteiger partial charge < -0.3 is 10.1 Å². The molecule has 1 amide bonds. The van der Waals surface area contributed by atoms with Crippen LogP contribution in [0.4, 0.5) is 0 Å². The molecule has 7 heteroatoms. The van der Waals surface area contributed by atoms with Gasteiger partial charge in [0.15, 0.2) is 0 Å². The van der Waals surface area contributed by atoms with E-state index in [2.05, 4.69) is 12.2 Å². The van der Waals surface area contributed by atoms with E-state index in [1.54, 1.807) is 0 Å². The number of nitrogens with two attached hydrogens (primary N) is 1. The third-order valence-corrected chi connectivity index (χ3v) is 3.94. The van der Waals surface area contributed by atoms with Crippen LogP contribution in [0.1, 0.15) is 31.7 Å². The van der Waals surface area contributed by atoms with Gasteiger partial charge in [-0.25, -0.2) is 13.6 Å². The van der Waals surface area contributed by atoms with Crippen LogP contribution >= 0.6 is 0 Å². The molecule has 0 aliphatic rings. The van der Waals surface area contributed by atoms with Crippen molar-refractivity contribution in [2.24, 2.45) is 5.14 Å². The predicted octanol–water partition coefficient (Wildman–Crippen LogP) is 1.19. The number of nitrogens with one attached hydrogen (secondary N) is 1. The predicted molar refractivity (Wildman–Crippen MR) is 80.6 cm³/mol. The Morgan fingerprint density at radius 3 is 2.62 bits per heavy atom. The zero-order valence-electron chi connectivity index (χ0n) is 12.4. The van der Waals surface area contributed by atoms with Crippen molar-refractivity contribution in [1.29, 1.82) is 0 Å². The largest absolute Gasteiger partial charge is 0.496 e. The zero-order chi connectivity index (χ0) is 15.9. The second-order valence-electron chi connectivity index (χ2n) is 4.75. The lowest BCUT2D eigenvalue weighted by atomic mass is 10.1. The van der Waals surface area contributed by atoms with Crippen LogP contribution in [0.3, 0.4) is 0 Å². The average Bonchev–Trinajstić information content (AvgIpc) is 2.42. The Balaban J connectivity index is 2.78. The zero-order valence-corrected chi connectivity index (χ0v) is 13.2. The lowest BCUT2D eigenvalue weighted by Crippen LogP contribution is -2.26. The summed E-state index contributed by atoms with van der Waals surface area (Å²) in [7, 11) is -2.33. The summed E-state index contributed by atoms with van der Waals surface area (Å²) >= 11 is 0. The number of benzene rings is 1. The van der Waals surface area contributed by atoms with Crippen LogP contribution in [0.2, 0.25) is 0 Å². The number of carbonyl (C=O) groups is 1. The monoisotopic (exact) mass is 314 g/mol. The van der Waals surface area contributed by atoms with Crippen LogP contribution in [0.5, 0.6) is 5.75 Å². The van der Waals surface area contributed by atoms with Gasteiger partial charge in [-0.05, 0) is 24.6 Å². The molecule has 0 unspecified atom stereocenters. The van der Waals surface area contributed by atoms with Gasteiger partial charge in [0, 0.05) is 12.1 Å². The fourth-order valence-electron chi connectivity index (χ4n) is 1.91. The maximum atomic E-state index is 11.9. The number of primary sulfonamides is 1. The third kappa shape index (κ3) is 5.73. The molecule has 0 bridgehead atoms. The molecule has 1 aromatic carbocycles. The van der Waals surface area contributed by atoms with E-state index in [0.29, 0.717) is 17.9 Å². The van der Waals surface area contributed by atoms with Gasteiger partial charge in [0.05, 0.1) is 18.4 Å². The van der Waals surface area contributed by atoms with Crippen molar-refractivity contribution in [3.8, 4) is 5.75 Å². The van der Waals surface area contributed by atoms with E-state index in [1.807, 2.05) is 0 Å². The van der Waals surface area contributed by atoms with E-state index < -0.39 is 10.0 Å². The first-order valence-corrected chi connectivity index (χ1v) is 8.39. The minimum Gasteiger partial charge on any atom is -0.496 e. The van der Waals surface area contributed by atoms with Gasteiger partial charge in [-0.2, -0.15) is 0 Å². The summed E-state index contributed by atoms with van der Waals surface area (Å²) in [5.41, 5.74) is 0.497. The van der Waals surface area contributed by atoms with Crippen molar-refractivity contribution >= 4 is 15.9 Å². The molecule has 6 nitrogen and oxygen atoms in total. The van der Waals surface area contributed by atoms with Crippen LogP contribution in [0.25, 0.3) is 0 Å². The number of hydrogen-bond acceptors (Lipinski definition) is 4. The summed E-state index contributed by atoms with van der Waals surface area (Å²) in [4.78, 5) is 11.8. The fourth-order valence-corrected chi connectivity index (χ4v) is 2.47. The summed E-state index contributed by atoms with van der Waals surface area (Å²) in [6.45, 7) is 2.70. The molecule has 1 aromatic rings. The van der Waals surface area contributed by atoms with Crippen LogP contribution in [-0.2, 0) is 21.2 Å². The summed E-state index contributed by atoms with van der Waals surface area (Å²) in [6, 6.07) is 4.23. The van der Waals surface area contributed by atoms with Crippen LogP contribution in [-0.4, -0.2) is 28.0 Å². The van der Waals surface area contributed by atoms with E-state index in [1.165, 1.54) is 25.3 Å². The van der Waals surface area contributed by atoms with Crippen molar-refractivity contribution in [3.05, 3.63) is 23.8 Å². The molecule has 0 saturated heterocycles. The number of amides is 1. The smallest absolute Gasteiger partial charge is 0.238 e. The van der Waals surface area contributed by atoms with Gasteiger partial charge in [0.25, 0.3) is 0 Å². The molecular formula is C14H22N2O4S. The third-order valence-electron chi connectivity index (χ3n) is 3.03. The molecule has 0 atom stereocenters. The summed E-state index contributed by atoms with van der Waals surface area (Å²) < 4.78 is 27.8. The first-order valence-electron chi connectivity index (χ1n) is 6.85. The van der Waals surface area contributed by atoms with E-state index in [4.69, 9.17) is 9.88 Å². The Labute approximate surface area is 125 Å². The Hall–Kier alpha value is -1.60. The lowest BCUT2D eigenvalue weighted by molar-refractivity contribution is -0.120. The Morgan fingerprint density at radius 1 is 1.33 bits per heavy atom. The number of unbranched alkanes of at least 4 members (excludes halogenated alkanes) is 2. The molecule has 118 valence electrons. The molecule has 0 aliphatic carbocycles. The second-order valence-corrected chi connectivity index (χ2v) is 6.31. The van der Waals surface area contributed by atoms with Gasteiger partial charge >= 0.3 is 0 Å². The van der Waals surface area contributed by atoms with Gasteiger partial charge in [0.2, 0.25) is 15.9 Å². The first kappa shape index (κ1) is 17.5. The maximum absolute atomic E-state index is 11.9. The highest BCUT2D eigenvalue weighted by Gasteiger charge is 2.14. The molecule has 1 rings (SSSR count). The first-order chi connectivity index (χ1) is 9.88. The number of hydrogen-bond donors (Lipinski definition) is 2. The molecule has 0 heterocycles. The topological polar surface area (TPSA) is 98.5 Å². The summed E-state index contributed by atoms with van der Waals surface area (Å²) in [5.74, 6) is 0.294. The number of methoxy groups -OCH3 is 1. The van der Waals surface area contributed by atoms with Gasteiger partial charge in [-0.3, -0.25) is 4.79 Å². The van der Waals surface area contributed by atoms with E-state index >= 15 is 0 Å². The normalized spacial score (nSPS) is 11.2. The minimum absolute atomic E-state index is 0.0305. The molecule has 0 spiro atoms. The molecule has 0 fully saturated rings. The van der Waals surface area contributed by atoms with Crippen LogP contribution < -0.4 is 15.2 Å². The van der Waals surface area contributed by atoms with Crippen molar-refractivity contribution < 1.29 is 17.9 Å². The molecule has 3 N–H and O–H groups in total. The number of sulfonamides is 1. The highest BCUT2D eigenvalue weighted by Crippen LogP contribution is 2.22. The maximum Gasteiger partial charge on any atom is 0.238 e. The van der Waals surface area contributed by atoms with Crippen molar-refractivity contribution in [1.82, 2.24) is 5.32 Å². The average molecular weight is 314 g/mol.